The standard InChI is InChI=1S/C16H22N2O2S/c1-3-16(2)15(20)17-13(11-6-7-11)14(19)18(16)9-8-12-5-4-10-21-12/h4-5,10-11,13H,3,6-9H2,1-2H3,(H,17,20). The zero-order valence-corrected chi connectivity index (χ0v) is 13.4. The van der Waals surface area contributed by atoms with Gasteiger partial charge in [0.05, 0.1) is 0 Å². The van der Waals surface area contributed by atoms with E-state index >= 15 is 0 Å². The Labute approximate surface area is 129 Å². The van der Waals surface area contributed by atoms with Gasteiger partial charge in [-0.25, -0.2) is 0 Å². The molecule has 1 aliphatic heterocycles. The van der Waals surface area contributed by atoms with Crippen LogP contribution in [0.2, 0.25) is 0 Å². The molecule has 2 aliphatic rings. The highest BCUT2D eigenvalue weighted by Crippen LogP contribution is 2.37. The van der Waals surface area contributed by atoms with E-state index in [-0.39, 0.29) is 17.9 Å². The normalized spacial score (nSPS) is 29.6. The highest BCUT2D eigenvalue weighted by Gasteiger charge is 2.51. The molecule has 3 rings (SSSR count). The van der Waals surface area contributed by atoms with Crippen molar-refractivity contribution in [1.29, 1.82) is 0 Å². The average Bonchev–Trinajstić information content (AvgIpc) is 3.19. The van der Waals surface area contributed by atoms with Crippen molar-refractivity contribution in [2.24, 2.45) is 5.92 Å². The van der Waals surface area contributed by atoms with E-state index in [0.717, 1.165) is 19.3 Å². The minimum atomic E-state index is -0.709. The van der Waals surface area contributed by atoms with Gasteiger partial charge in [0.15, 0.2) is 0 Å². The van der Waals surface area contributed by atoms with Crippen molar-refractivity contribution in [3.63, 3.8) is 0 Å². The number of carbonyl (C=O) groups is 2. The average molecular weight is 306 g/mol. The van der Waals surface area contributed by atoms with E-state index in [1.807, 2.05) is 30.2 Å². The molecular formula is C16H22N2O2S. The zero-order valence-electron chi connectivity index (χ0n) is 12.6. The van der Waals surface area contributed by atoms with E-state index in [1.54, 1.807) is 11.3 Å². The minimum absolute atomic E-state index is 0.00711. The second-order valence-corrected chi connectivity index (χ2v) is 7.27. The summed E-state index contributed by atoms with van der Waals surface area (Å²) in [6.45, 7) is 4.49. The molecule has 1 aromatic rings. The molecule has 2 fully saturated rings. The summed E-state index contributed by atoms with van der Waals surface area (Å²) < 4.78 is 0. The number of hydrogen-bond acceptors (Lipinski definition) is 3. The molecule has 2 heterocycles. The zero-order chi connectivity index (χ0) is 15.0. The number of carbonyl (C=O) groups excluding carboxylic acids is 2. The van der Waals surface area contributed by atoms with Gasteiger partial charge in [-0.15, -0.1) is 11.3 Å². The van der Waals surface area contributed by atoms with E-state index in [0.29, 0.717) is 18.9 Å². The first kappa shape index (κ1) is 14.6. The summed E-state index contributed by atoms with van der Waals surface area (Å²) in [5.74, 6) is 0.470. The van der Waals surface area contributed by atoms with E-state index in [4.69, 9.17) is 0 Å². The first-order valence-corrected chi connectivity index (χ1v) is 8.59. The van der Waals surface area contributed by atoms with E-state index in [9.17, 15) is 9.59 Å². The molecule has 21 heavy (non-hydrogen) atoms. The molecule has 0 radical (unpaired) electrons. The molecule has 2 unspecified atom stereocenters. The Hall–Kier alpha value is -1.36. The highest BCUT2D eigenvalue weighted by atomic mass is 32.1. The molecule has 2 amide bonds. The number of hydrogen-bond donors (Lipinski definition) is 1. The van der Waals surface area contributed by atoms with Gasteiger partial charge >= 0.3 is 0 Å². The van der Waals surface area contributed by atoms with Gasteiger partial charge in [0, 0.05) is 11.4 Å². The number of rotatable bonds is 5. The lowest BCUT2D eigenvalue weighted by molar-refractivity contribution is -0.157. The Bertz CT molecular complexity index is 538. The molecule has 1 saturated heterocycles. The van der Waals surface area contributed by atoms with Crippen molar-refractivity contribution in [1.82, 2.24) is 10.2 Å². The maximum atomic E-state index is 12.8. The van der Waals surface area contributed by atoms with Crippen LogP contribution < -0.4 is 5.32 Å². The maximum Gasteiger partial charge on any atom is 0.246 e. The fourth-order valence-electron chi connectivity index (χ4n) is 3.03. The van der Waals surface area contributed by atoms with Crippen molar-refractivity contribution in [2.45, 2.75) is 51.1 Å². The lowest BCUT2D eigenvalue weighted by Gasteiger charge is -2.46. The third-order valence-corrected chi connectivity index (χ3v) is 5.78. The summed E-state index contributed by atoms with van der Waals surface area (Å²) in [7, 11) is 0. The highest BCUT2D eigenvalue weighted by molar-refractivity contribution is 7.09. The summed E-state index contributed by atoms with van der Waals surface area (Å²) in [6.07, 6.45) is 3.58. The van der Waals surface area contributed by atoms with Crippen molar-refractivity contribution in [3.05, 3.63) is 22.4 Å². The number of nitrogens with one attached hydrogen (secondary N) is 1. The molecule has 1 aliphatic carbocycles. The predicted molar refractivity (Wildman–Crippen MR) is 83.1 cm³/mol. The Morgan fingerprint density at radius 3 is 2.76 bits per heavy atom. The molecule has 1 N–H and O–H groups in total. The topological polar surface area (TPSA) is 49.4 Å². The lowest BCUT2D eigenvalue weighted by atomic mass is 9.89. The Morgan fingerprint density at radius 2 is 2.19 bits per heavy atom. The summed E-state index contributed by atoms with van der Waals surface area (Å²) in [5, 5.41) is 5.01. The lowest BCUT2D eigenvalue weighted by Crippen LogP contribution is -2.70. The van der Waals surface area contributed by atoms with Gasteiger partial charge in [-0.2, -0.15) is 0 Å². The number of nitrogens with zero attached hydrogens (tertiary/aromatic N) is 1. The van der Waals surface area contributed by atoms with Gasteiger partial charge in [-0.05, 0) is 50.0 Å². The fraction of sp³-hybridized carbons (Fsp3) is 0.625. The van der Waals surface area contributed by atoms with Crippen molar-refractivity contribution < 1.29 is 9.59 Å². The molecule has 0 bridgehead atoms. The molecule has 114 valence electrons. The minimum Gasteiger partial charge on any atom is -0.342 e. The second-order valence-electron chi connectivity index (χ2n) is 6.24. The molecule has 1 aromatic heterocycles. The number of piperazine rings is 1. The molecule has 4 nitrogen and oxygen atoms in total. The quantitative estimate of drug-likeness (QED) is 0.906. The van der Waals surface area contributed by atoms with Crippen LogP contribution in [0, 0.1) is 5.92 Å². The van der Waals surface area contributed by atoms with Crippen molar-refractivity contribution in [3.8, 4) is 0 Å². The molecule has 1 saturated carbocycles. The number of thiophene rings is 1. The van der Waals surface area contributed by atoms with Crippen LogP contribution in [0.15, 0.2) is 17.5 Å². The van der Waals surface area contributed by atoms with Gasteiger partial charge < -0.3 is 10.2 Å². The summed E-state index contributed by atoms with van der Waals surface area (Å²) in [6, 6.07) is 3.82. The smallest absolute Gasteiger partial charge is 0.246 e. The number of amides is 2. The SMILES string of the molecule is CCC1(C)C(=O)NC(C2CC2)C(=O)N1CCc1cccs1. The first-order valence-electron chi connectivity index (χ1n) is 7.71. The maximum absolute atomic E-state index is 12.8. The summed E-state index contributed by atoms with van der Waals surface area (Å²) in [5.41, 5.74) is -0.709. The Balaban J connectivity index is 1.80. The van der Waals surface area contributed by atoms with E-state index in [2.05, 4.69) is 11.4 Å². The monoisotopic (exact) mass is 306 g/mol. The molecule has 0 aromatic carbocycles. The third-order valence-electron chi connectivity index (χ3n) is 4.85. The van der Waals surface area contributed by atoms with Crippen LogP contribution in [0.25, 0.3) is 0 Å². The third kappa shape index (κ3) is 2.59. The Morgan fingerprint density at radius 1 is 1.43 bits per heavy atom. The summed E-state index contributed by atoms with van der Waals surface area (Å²) >= 11 is 1.70. The van der Waals surface area contributed by atoms with Crippen LogP contribution in [-0.2, 0) is 16.0 Å². The van der Waals surface area contributed by atoms with E-state index in [1.165, 1.54) is 4.88 Å². The van der Waals surface area contributed by atoms with Crippen molar-refractivity contribution in [2.75, 3.05) is 6.54 Å². The van der Waals surface area contributed by atoms with Crippen molar-refractivity contribution >= 4 is 23.2 Å². The molecular weight excluding hydrogens is 284 g/mol. The van der Waals surface area contributed by atoms with Crippen LogP contribution in [0.4, 0.5) is 0 Å². The molecule has 0 spiro atoms. The van der Waals surface area contributed by atoms with E-state index < -0.39 is 5.54 Å². The second kappa shape index (κ2) is 5.44. The molecule has 5 heteroatoms. The van der Waals surface area contributed by atoms with Gasteiger partial charge in [0.2, 0.25) is 11.8 Å². The van der Waals surface area contributed by atoms with Crippen LogP contribution in [0.3, 0.4) is 0 Å². The van der Waals surface area contributed by atoms with Gasteiger partial charge in [-0.1, -0.05) is 13.0 Å². The van der Waals surface area contributed by atoms with Crippen LogP contribution in [-0.4, -0.2) is 34.8 Å². The van der Waals surface area contributed by atoms with Crippen LogP contribution in [0.5, 0.6) is 0 Å². The fourth-order valence-corrected chi connectivity index (χ4v) is 3.72. The largest absolute Gasteiger partial charge is 0.342 e. The van der Waals surface area contributed by atoms with Crippen LogP contribution in [0.1, 0.15) is 38.0 Å². The molecule has 2 atom stereocenters. The predicted octanol–water partition coefficient (Wildman–Crippen LogP) is 2.20. The van der Waals surface area contributed by atoms with Gasteiger partial charge in [0.1, 0.15) is 11.6 Å². The van der Waals surface area contributed by atoms with Crippen LogP contribution >= 0.6 is 11.3 Å². The summed E-state index contributed by atoms with van der Waals surface area (Å²) in [4.78, 5) is 28.4. The van der Waals surface area contributed by atoms with Gasteiger partial charge in [0.25, 0.3) is 0 Å². The Kier molecular flexibility index (Phi) is 3.78. The van der Waals surface area contributed by atoms with Gasteiger partial charge in [-0.3, -0.25) is 9.59 Å². The first-order chi connectivity index (χ1) is 10.1.